The highest BCUT2D eigenvalue weighted by molar-refractivity contribution is 5.30. The quantitative estimate of drug-likeness (QED) is 0.676. The number of likely N-dealkylation sites (tertiary alicyclic amines) is 1. The fraction of sp³-hybridized carbons (Fsp3) is 0.625. The van der Waals surface area contributed by atoms with Crippen LogP contribution in [0, 0.1) is 0 Å². The van der Waals surface area contributed by atoms with Crippen LogP contribution in [0.2, 0.25) is 0 Å². The van der Waals surface area contributed by atoms with Gasteiger partial charge in [-0.25, -0.2) is 4.39 Å². The first kappa shape index (κ1) is 16.3. The molecule has 1 fully saturated rings. The Morgan fingerprint density at radius 2 is 1.62 bits per heavy atom. The first-order chi connectivity index (χ1) is 9.43. The smallest absolute Gasteiger partial charge is 0.292 e. The van der Waals surface area contributed by atoms with E-state index in [1.807, 2.05) is 27.7 Å². The second-order valence-corrected chi connectivity index (χ2v) is 6.89. The Hall–Kier alpha value is -1.10. The van der Waals surface area contributed by atoms with E-state index in [1.165, 1.54) is 12.1 Å². The highest BCUT2D eigenvalue weighted by atomic mass is 19.4. The van der Waals surface area contributed by atoms with Gasteiger partial charge in [-0.2, -0.15) is 13.2 Å². The van der Waals surface area contributed by atoms with Crippen molar-refractivity contribution in [3.63, 3.8) is 0 Å². The van der Waals surface area contributed by atoms with Crippen LogP contribution in [0.1, 0.15) is 45.2 Å². The van der Waals surface area contributed by atoms with E-state index in [9.17, 15) is 13.2 Å². The summed E-state index contributed by atoms with van der Waals surface area (Å²) in [5, 5.41) is 0. The minimum absolute atomic E-state index is 0.0530. The SMILES string of the molecule is CC1CC(F)(c2ccc(C(F)(F)F)cc2)CN1C(C)(C)C. The molecule has 0 N–H and O–H groups in total. The van der Waals surface area contributed by atoms with Gasteiger partial charge in [0.1, 0.15) is 5.67 Å². The summed E-state index contributed by atoms with van der Waals surface area (Å²) in [6, 6.07) is 4.50. The molecule has 0 saturated carbocycles. The summed E-state index contributed by atoms with van der Waals surface area (Å²) in [6.45, 7) is 8.21. The predicted octanol–water partition coefficient (Wildman–Crippen LogP) is 4.76. The van der Waals surface area contributed by atoms with E-state index in [1.54, 1.807) is 0 Å². The summed E-state index contributed by atoms with van der Waals surface area (Å²) in [4.78, 5) is 2.06. The normalized spacial score (nSPS) is 28.1. The van der Waals surface area contributed by atoms with E-state index in [2.05, 4.69) is 4.90 Å². The molecule has 5 heteroatoms. The Bertz CT molecular complexity index is 500. The fourth-order valence-electron chi connectivity index (χ4n) is 3.13. The molecule has 21 heavy (non-hydrogen) atoms. The molecule has 118 valence electrons. The largest absolute Gasteiger partial charge is 0.416 e. The fourth-order valence-corrected chi connectivity index (χ4v) is 3.13. The first-order valence-corrected chi connectivity index (χ1v) is 7.07. The van der Waals surface area contributed by atoms with E-state index in [-0.39, 0.29) is 18.1 Å². The minimum atomic E-state index is -4.39. The molecule has 0 aromatic heterocycles. The Kier molecular flexibility index (Phi) is 3.85. The van der Waals surface area contributed by atoms with Crippen LogP contribution in [0.15, 0.2) is 24.3 Å². The number of nitrogens with zero attached hydrogens (tertiary/aromatic N) is 1. The molecule has 1 heterocycles. The number of rotatable bonds is 1. The maximum Gasteiger partial charge on any atom is 0.416 e. The number of hydrogen-bond acceptors (Lipinski definition) is 1. The zero-order valence-electron chi connectivity index (χ0n) is 12.8. The van der Waals surface area contributed by atoms with E-state index < -0.39 is 17.4 Å². The van der Waals surface area contributed by atoms with E-state index in [0.717, 1.165) is 12.1 Å². The summed E-state index contributed by atoms with van der Waals surface area (Å²) in [7, 11) is 0. The van der Waals surface area contributed by atoms with Crippen LogP contribution in [-0.4, -0.2) is 23.0 Å². The number of halogens is 4. The molecule has 1 aromatic carbocycles. The van der Waals surface area contributed by atoms with Crippen molar-refractivity contribution in [1.82, 2.24) is 4.90 Å². The average Bonchev–Trinajstić information content (AvgIpc) is 2.65. The van der Waals surface area contributed by atoms with Crippen LogP contribution >= 0.6 is 0 Å². The molecule has 0 aliphatic carbocycles. The van der Waals surface area contributed by atoms with Crippen molar-refractivity contribution >= 4 is 0 Å². The van der Waals surface area contributed by atoms with E-state index in [4.69, 9.17) is 0 Å². The van der Waals surface area contributed by atoms with Gasteiger partial charge in [-0.1, -0.05) is 12.1 Å². The lowest BCUT2D eigenvalue weighted by Crippen LogP contribution is -2.44. The third-order valence-corrected chi connectivity index (χ3v) is 4.16. The van der Waals surface area contributed by atoms with Crippen LogP contribution in [0.4, 0.5) is 17.6 Å². The molecule has 1 saturated heterocycles. The molecule has 1 nitrogen and oxygen atoms in total. The van der Waals surface area contributed by atoms with E-state index >= 15 is 4.39 Å². The Labute approximate surface area is 122 Å². The highest BCUT2D eigenvalue weighted by Crippen LogP contribution is 2.43. The molecule has 0 bridgehead atoms. The van der Waals surface area contributed by atoms with Gasteiger partial charge in [-0.15, -0.1) is 0 Å². The Morgan fingerprint density at radius 3 is 2.00 bits per heavy atom. The monoisotopic (exact) mass is 303 g/mol. The number of alkyl halides is 4. The van der Waals surface area contributed by atoms with Gasteiger partial charge in [0.15, 0.2) is 0 Å². The molecular weight excluding hydrogens is 282 g/mol. The van der Waals surface area contributed by atoms with Crippen molar-refractivity contribution in [1.29, 1.82) is 0 Å². The van der Waals surface area contributed by atoms with E-state index in [0.29, 0.717) is 12.0 Å². The second kappa shape index (κ2) is 4.97. The summed E-state index contributed by atoms with van der Waals surface area (Å²) in [6.07, 6.45) is -4.09. The van der Waals surface area contributed by atoms with Gasteiger partial charge in [0.05, 0.1) is 5.56 Å². The average molecular weight is 303 g/mol. The molecule has 2 rings (SSSR count). The minimum Gasteiger partial charge on any atom is -0.292 e. The topological polar surface area (TPSA) is 3.24 Å². The molecule has 1 aromatic rings. The van der Waals surface area contributed by atoms with Crippen LogP contribution < -0.4 is 0 Å². The summed E-state index contributed by atoms with van der Waals surface area (Å²) in [5.74, 6) is 0. The van der Waals surface area contributed by atoms with Crippen LogP contribution in [0.3, 0.4) is 0 Å². The van der Waals surface area contributed by atoms with Gasteiger partial charge in [0.2, 0.25) is 0 Å². The van der Waals surface area contributed by atoms with Gasteiger partial charge in [0.25, 0.3) is 0 Å². The molecular formula is C16H21F4N. The van der Waals surface area contributed by atoms with Crippen molar-refractivity contribution in [2.24, 2.45) is 0 Å². The molecule has 1 aliphatic heterocycles. The molecule has 0 spiro atoms. The number of benzene rings is 1. The van der Waals surface area contributed by atoms with Gasteiger partial charge < -0.3 is 0 Å². The van der Waals surface area contributed by atoms with Crippen molar-refractivity contribution in [2.45, 2.75) is 57.5 Å². The lowest BCUT2D eigenvalue weighted by Gasteiger charge is -2.35. The molecule has 2 atom stereocenters. The summed E-state index contributed by atoms with van der Waals surface area (Å²) >= 11 is 0. The van der Waals surface area contributed by atoms with Crippen molar-refractivity contribution in [3.8, 4) is 0 Å². The third-order valence-electron chi connectivity index (χ3n) is 4.16. The van der Waals surface area contributed by atoms with Gasteiger partial charge in [-0.3, -0.25) is 4.90 Å². The summed E-state index contributed by atoms with van der Waals surface area (Å²) in [5.41, 5.74) is -2.17. The lowest BCUT2D eigenvalue weighted by molar-refractivity contribution is -0.137. The van der Waals surface area contributed by atoms with Crippen LogP contribution in [0.25, 0.3) is 0 Å². The molecule has 0 radical (unpaired) electrons. The standard InChI is InChI=1S/C16H21F4N/c1-11-9-15(17,10-21(11)14(2,3)4)12-5-7-13(8-6-12)16(18,19)20/h5-8,11H,9-10H2,1-4H3. The van der Waals surface area contributed by atoms with Crippen LogP contribution in [0.5, 0.6) is 0 Å². The number of hydrogen-bond donors (Lipinski definition) is 0. The zero-order chi connectivity index (χ0) is 16.1. The third kappa shape index (κ3) is 3.23. The van der Waals surface area contributed by atoms with Gasteiger partial charge in [0, 0.05) is 24.5 Å². The second-order valence-electron chi connectivity index (χ2n) is 6.89. The maximum absolute atomic E-state index is 15.2. The molecule has 0 amide bonds. The van der Waals surface area contributed by atoms with Gasteiger partial charge >= 0.3 is 6.18 Å². The van der Waals surface area contributed by atoms with Crippen LogP contribution in [-0.2, 0) is 11.8 Å². The zero-order valence-corrected chi connectivity index (χ0v) is 12.8. The Balaban J connectivity index is 2.26. The Morgan fingerprint density at radius 1 is 1.10 bits per heavy atom. The molecule has 1 aliphatic rings. The summed E-state index contributed by atoms with van der Waals surface area (Å²) < 4.78 is 52.9. The predicted molar refractivity (Wildman–Crippen MR) is 74.8 cm³/mol. The van der Waals surface area contributed by atoms with Crippen molar-refractivity contribution in [2.75, 3.05) is 6.54 Å². The maximum atomic E-state index is 15.2. The molecule has 2 unspecified atom stereocenters. The van der Waals surface area contributed by atoms with Gasteiger partial charge in [-0.05, 0) is 45.4 Å². The lowest BCUT2D eigenvalue weighted by atomic mass is 9.92. The van der Waals surface area contributed by atoms with Crippen molar-refractivity contribution in [3.05, 3.63) is 35.4 Å². The first-order valence-electron chi connectivity index (χ1n) is 7.07. The highest BCUT2D eigenvalue weighted by Gasteiger charge is 2.47. The van der Waals surface area contributed by atoms with Crippen molar-refractivity contribution < 1.29 is 17.6 Å².